The molecule has 0 saturated heterocycles. The zero-order valence-electron chi connectivity index (χ0n) is 12.8. The van der Waals surface area contributed by atoms with E-state index in [-0.39, 0.29) is 0 Å². The molecule has 20 heavy (non-hydrogen) atoms. The first kappa shape index (κ1) is 15.0. The molecule has 0 aromatic carbocycles. The van der Waals surface area contributed by atoms with Crippen LogP contribution in [-0.4, -0.2) is 30.1 Å². The summed E-state index contributed by atoms with van der Waals surface area (Å²) in [6, 6.07) is 2.12. The Kier molecular flexibility index (Phi) is 5.17. The van der Waals surface area contributed by atoms with Crippen molar-refractivity contribution in [2.24, 2.45) is 5.92 Å². The molecule has 0 spiro atoms. The van der Waals surface area contributed by atoms with Gasteiger partial charge in [-0.3, -0.25) is 0 Å². The molecular weight excluding hydrogens is 268 g/mol. The molecular formula is C15H24N4S. The Morgan fingerprint density at radius 1 is 1.35 bits per heavy atom. The van der Waals surface area contributed by atoms with E-state index < -0.39 is 0 Å². The van der Waals surface area contributed by atoms with Crippen LogP contribution in [0.15, 0.2) is 11.4 Å². The number of aromatic nitrogens is 2. The quantitative estimate of drug-likeness (QED) is 0.837. The summed E-state index contributed by atoms with van der Waals surface area (Å²) in [5.74, 6) is 2.44. The number of thiophene rings is 1. The lowest BCUT2D eigenvalue weighted by molar-refractivity contribution is 0.558. The lowest BCUT2D eigenvalue weighted by Crippen LogP contribution is -2.25. The van der Waals surface area contributed by atoms with Crippen molar-refractivity contribution in [3.8, 4) is 0 Å². The van der Waals surface area contributed by atoms with E-state index in [0.717, 1.165) is 41.5 Å². The lowest BCUT2D eigenvalue weighted by atomic mass is 10.1. The van der Waals surface area contributed by atoms with Crippen LogP contribution >= 0.6 is 11.3 Å². The van der Waals surface area contributed by atoms with Gasteiger partial charge in [0.1, 0.15) is 10.6 Å². The molecule has 0 amide bonds. The van der Waals surface area contributed by atoms with E-state index in [9.17, 15) is 0 Å². The molecule has 4 nitrogen and oxygen atoms in total. The Labute approximate surface area is 125 Å². The molecule has 1 unspecified atom stereocenters. The van der Waals surface area contributed by atoms with Gasteiger partial charge in [0.2, 0.25) is 5.95 Å². The smallest absolute Gasteiger partial charge is 0.226 e. The molecule has 0 aliphatic rings. The SMILES string of the molecule is CCCNc1nc(N(C)CC(C)CC)c2ccsc2n1. The third-order valence-electron chi connectivity index (χ3n) is 3.48. The van der Waals surface area contributed by atoms with Crippen molar-refractivity contribution >= 4 is 33.3 Å². The van der Waals surface area contributed by atoms with Gasteiger partial charge in [-0.2, -0.15) is 4.98 Å². The number of nitrogens with one attached hydrogen (secondary N) is 1. The molecule has 0 radical (unpaired) electrons. The molecule has 1 N–H and O–H groups in total. The third kappa shape index (κ3) is 3.39. The molecule has 110 valence electrons. The van der Waals surface area contributed by atoms with E-state index in [4.69, 9.17) is 4.98 Å². The molecule has 0 bridgehead atoms. The molecule has 5 heteroatoms. The predicted octanol–water partition coefficient (Wildman–Crippen LogP) is 4.00. The van der Waals surface area contributed by atoms with E-state index >= 15 is 0 Å². The third-order valence-corrected chi connectivity index (χ3v) is 4.29. The van der Waals surface area contributed by atoms with E-state index in [1.54, 1.807) is 11.3 Å². The van der Waals surface area contributed by atoms with Gasteiger partial charge in [0.15, 0.2) is 0 Å². The number of nitrogens with zero attached hydrogens (tertiary/aromatic N) is 3. The standard InChI is InChI=1S/C15H24N4S/c1-5-8-16-15-17-13(19(4)10-11(3)6-2)12-7-9-20-14(12)18-15/h7,9,11H,5-6,8,10H2,1-4H3,(H,16,17,18). The van der Waals surface area contributed by atoms with Crippen LogP contribution < -0.4 is 10.2 Å². The number of rotatable bonds is 7. The van der Waals surface area contributed by atoms with Gasteiger partial charge in [0.05, 0.1) is 5.39 Å². The zero-order chi connectivity index (χ0) is 14.5. The van der Waals surface area contributed by atoms with Crippen LogP contribution in [0.25, 0.3) is 10.2 Å². The first-order valence-electron chi connectivity index (χ1n) is 7.35. The molecule has 0 aliphatic heterocycles. The second-order valence-corrected chi connectivity index (χ2v) is 6.23. The van der Waals surface area contributed by atoms with E-state index in [0.29, 0.717) is 5.92 Å². The minimum Gasteiger partial charge on any atom is -0.359 e. The fourth-order valence-corrected chi connectivity index (χ4v) is 2.89. The maximum Gasteiger partial charge on any atom is 0.226 e. The summed E-state index contributed by atoms with van der Waals surface area (Å²) in [6.45, 7) is 8.58. The largest absolute Gasteiger partial charge is 0.359 e. The van der Waals surface area contributed by atoms with Crippen molar-refractivity contribution in [3.63, 3.8) is 0 Å². The highest BCUT2D eigenvalue weighted by Crippen LogP contribution is 2.29. The van der Waals surface area contributed by atoms with Gasteiger partial charge in [0.25, 0.3) is 0 Å². The van der Waals surface area contributed by atoms with Crippen LogP contribution in [0.2, 0.25) is 0 Å². The highest BCUT2D eigenvalue weighted by Gasteiger charge is 2.14. The van der Waals surface area contributed by atoms with Crippen LogP contribution in [0.4, 0.5) is 11.8 Å². The maximum atomic E-state index is 4.71. The average molecular weight is 292 g/mol. The fourth-order valence-electron chi connectivity index (χ4n) is 2.13. The van der Waals surface area contributed by atoms with Crippen LogP contribution in [0.1, 0.15) is 33.6 Å². The van der Waals surface area contributed by atoms with Crippen LogP contribution in [0.3, 0.4) is 0 Å². The van der Waals surface area contributed by atoms with Crippen molar-refractivity contribution in [1.82, 2.24) is 9.97 Å². The fraction of sp³-hybridized carbons (Fsp3) is 0.600. The zero-order valence-corrected chi connectivity index (χ0v) is 13.6. The molecule has 0 saturated carbocycles. The second kappa shape index (κ2) is 6.88. The van der Waals surface area contributed by atoms with Gasteiger partial charge in [-0.1, -0.05) is 27.2 Å². The summed E-state index contributed by atoms with van der Waals surface area (Å²) in [5, 5.41) is 6.54. The van der Waals surface area contributed by atoms with Crippen LogP contribution in [0.5, 0.6) is 0 Å². The first-order valence-corrected chi connectivity index (χ1v) is 8.23. The highest BCUT2D eigenvalue weighted by molar-refractivity contribution is 7.16. The van der Waals surface area contributed by atoms with Gasteiger partial charge >= 0.3 is 0 Å². The Morgan fingerprint density at radius 3 is 2.85 bits per heavy atom. The lowest BCUT2D eigenvalue weighted by Gasteiger charge is -2.23. The minimum absolute atomic E-state index is 0.663. The average Bonchev–Trinajstić information content (AvgIpc) is 2.92. The van der Waals surface area contributed by atoms with Gasteiger partial charge in [-0.15, -0.1) is 11.3 Å². The highest BCUT2D eigenvalue weighted by atomic mass is 32.1. The summed E-state index contributed by atoms with van der Waals surface area (Å²) in [4.78, 5) is 12.6. The Balaban J connectivity index is 2.31. The van der Waals surface area contributed by atoms with Gasteiger partial charge in [0, 0.05) is 20.1 Å². The molecule has 2 heterocycles. The normalized spacial score (nSPS) is 12.6. The summed E-state index contributed by atoms with van der Waals surface area (Å²) in [5.41, 5.74) is 0. The van der Waals surface area contributed by atoms with E-state index in [1.165, 1.54) is 6.42 Å². The number of hydrogen-bond acceptors (Lipinski definition) is 5. The van der Waals surface area contributed by atoms with Crippen molar-refractivity contribution in [2.45, 2.75) is 33.6 Å². The van der Waals surface area contributed by atoms with Crippen LogP contribution in [0, 0.1) is 5.92 Å². The Morgan fingerprint density at radius 2 is 2.15 bits per heavy atom. The second-order valence-electron chi connectivity index (χ2n) is 5.33. The summed E-state index contributed by atoms with van der Waals surface area (Å²) >= 11 is 1.67. The summed E-state index contributed by atoms with van der Waals surface area (Å²) < 4.78 is 0. The number of fused-ring (bicyclic) bond motifs is 1. The van der Waals surface area contributed by atoms with E-state index in [1.807, 2.05) is 0 Å². The summed E-state index contributed by atoms with van der Waals surface area (Å²) in [6.07, 6.45) is 2.26. The van der Waals surface area contributed by atoms with Crippen molar-refractivity contribution in [3.05, 3.63) is 11.4 Å². The van der Waals surface area contributed by atoms with Crippen molar-refractivity contribution < 1.29 is 0 Å². The molecule has 2 aromatic heterocycles. The summed E-state index contributed by atoms with van der Waals surface area (Å²) in [7, 11) is 2.12. The van der Waals surface area contributed by atoms with Gasteiger partial charge in [-0.25, -0.2) is 4.98 Å². The van der Waals surface area contributed by atoms with Gasteiger partial charge < -0.3 is 10.2 Å². The molecule has 1 atom stereocenters. The molecule has 2 rings (SSSR count). The molecule has 0 aliphatic carbocycles. The van der Waals surface area contributed by atoms with Crippen LogP contribution in [-0.2, 0) is 0 Å². The Hall–Kier alpha value is -1.36. The monoisotopic (exact) mass is 292 g/mol. The number of anilines is 2. The first-order chi connectivity index (χ1) is 9.65. The Bertz CT molecular complexity index is 552. The predicted molar refractivity (Wildman–Crippen MR) is 88.9 cm³/mol. The minimum atomic E-state index is 0.663. The van der Waals surface area contributed by atoms with Gasteiger partial charge in [-0.05, 0) is 23.8 Å². The molecule has 0 fully saturated rings. The topological polar surface area (TPSA) is 41.1 Å². The van der Waals surface area contributed by atoms with E-state index in [2.05, 4.69) is 54.5 Å². The maximum absolute atomic E-state index is 4.71. The van der Waals surface area contributed by atoms with Crippen molar-refractivity contribution in [1.29, 1.82) is 0 Å². The van der Waals surface area contributed by atoms with Crippen molar-refractivity contribution in [2.75, 3.05) is 30.4 Å². The molecule has 2 aromatic rings. The number of hydrogen-bond donors (Lipinski definition) is 1.